The van der Waals surface area contributed by atoms with Crippen molar-refractivity contribution in [3.05, 3.63) is 23.8 Å². The second-order valence-electron chi connectivity index (χ2n) is 7.43. The van der Waals surface area contributed by atoms with E-state index in [1.54, 1.807) is 0 Å². The van der Waals surface area contributed by atoms with Crippen LogP contribution in [0.25, 0.3) is 0 Å². The summed E-state index contributed by atoms with van der Waals surface area (Å²) < 4.78 is 5.93. The van der Waals surface area contributed by atoms with Gasteiger partial charge < -0.3 is 15.4 Å². The lowest BCUT2D eigenvalue weighted by atomic mass is 9.93. The Morgan fingerprint density at radius 3 is 2.48 bits per heavy atom. The van der Waals surface area contributed by atoms with Crippen LogP contribution in [-0.2, 0) is 0 Å². The quantitative estimate of drug-likeness (QED) is 0.918. The molecule has 0 aliphatic carbocycles. The fourth-order valence-corrected chi connectivity index (χ4v) is 2.62. The molecule has 3 heteroatoms. The molecule has 0 amide bonds. The highest BCUT2D eigenvalue weighted by Gasteiger charge is 2.17. The van der Waals surface area contributed by atoms with Crippen LogP contribution in [-0.4, -0.2) is 25.7 Å². The highest BCUT2D eigenvalue weighted by atomic mass is 16.5. The SMILES string of the molecule is Cc1cc(N2CCC(N)CC2)ccc1OCCC(C)(C)C. The van der Waals surface area contributed by atoms with E-state index in [9.17, 15) is 0 Å². The van der Waals surface area contributed by atoms with Crippen LogP contribution in [0.4, 0.5) is 5.69 Å². The zero-order chi connectivity index (χ0) is 15.5. The van der Waals surface area contributed by atoms with Crippen LogP contribution in [0, 0.1) is 12.3 Å². The molecule has 0 aromatic heterocycles. The number of hydrogen-bond donors (Lipinski definition) is 1. The number of piperidine rings is 1. The second-order valence-corrected chi connectivity index (χ2v) is 7.43. The maximum atomic E-state index is 5.97. The third-order valence-electron chi connectivity index (χ3n) is 4.17. The molecule has 1 aromatic carbocycles. The van der Waals surface area contributed by atoms with Gasteiger partial charge in [-0.15, -0.1) is 0 Å². The number of nitrogens with two attached hydrogens (primary N) is 1. The van der Waals surface area contributed by atoms with Crippen LogP contribution in [0.3, 0.4) is 0 Å². The Morgan fingerprint density at radius 1 is 1.24 bits per heavy atom. The van der Waals surface area contributed by atoms with Crippen molar-refractivity contribution in [2.24, 2.45) is 11.1 Å². The predicted octanol–water partition coefficient (Wildman–Crippen LogP) is 3.74. The molecule has 0 unspecified atom stereocenters. The lowest BCUT2D eigenvalue weighted by Crippen LogP contribution is -2.39. The molecule has 1 heterocycles. The number of benzene rings is 1. The van der Waals surface area contributed by atoms with Crippen molar-refractivity contribution >= 4 is 5.69 Å². The summed E-state index contributed by atoms with van der Waals surface area (Å²) in [4.78, 5) is 2.43. The smallest absolute Gasteiger partial charge is 0.122 e. The van der Waals surface area contributed by atoms with Gasteiger partial charge in [-0.3, -0.25) is 0 Å². The van der Waals surface area contributed by atoms with E-state index in [4.69, 9.17) is 10.5 Å². The van der Waals surface area contributed by atoms with Gasteiger partial charge in [0.05, 0.1) is 6.61 Å². The van der Waals surface area contributed by atoms with Gasteiger partial charge in [-0.25, -0.2) is 0 Å². The normalized spacial score (nSPS) is 17.1. The Bertz CT molecular complexity index is 457. The summed E-state index contributed by atoms with van der Waals surface area (Å²) in [6, 6.07) is 6.91. The summed E-state index contributed by atoms with van der Waals surface area (Å²) in [5.41, 5.74) is 8.80. The Morgan fingerprint density at radius 2 is 1.90 bits per heavy atom. The molecule has 1 aliphatic heterocycles. The summed E-state index contributed by atoms with van der Waals surface area (Å²) in [5.74, 6) is 1.01. The monoisotopic (exact) mass is 290 g/mol. The first kappa shape index (κ1) is 16.2. The summed E-state index contributed by atoms with van der Waals surface area (Å²) in [6.07, 6.45) is 3.24. The second kappa shape index (κ2) is 6.69. The Balaban J connectivity index is 1.94. The third-order valence-corrected chi connectivity index (χ3v) is 4.17. The highest BCUT2D eigenvalue weighted by Crippen LogP contribution is 2.27. The fourth-order valence-electron chi connectivity index (χ4n) is 2.62. The van der Waals surface area contributed by atoms with E-state index in [-0.39, 0.29) is 0 Å². The zero-order valence-corrected chi connectivity index (χ0v) is 14.0. The van der Waals surface area contributed by atoms with Gasteiger partial charge in [-0.1, -0.05) is 20.8 Å². The molecule has 1 saturated heterocycles. The van der Waals surface area contributed by atoms with Gasteiger partial charge in [0, 0.05) is 24.8 Å². The fraction of sp³-hybridized carbons (Fsp3) is 0.667. The Kier molecular flexibility index (Phi) is 5.15. The number of nitrogens with zero attached hydrogens (tertiary/aromatic N) is 1. The minimum Gasteiger partial charge on any atom is -0.493 e. The lowest BCUT2D eigenvalue weighted by molar-refractivity contribution is 0.242. The van der Waals surface area contributed by atoms with Crippen molar-refractivity contribution in [1.29, 1.82) is 0 Å². The molecule has 0 atom stereocenters. The van der Waals surface area contributed by atoms with E-state index in [1.807, 2.05) is 0 Å². The molecule has 0 bridgehead atoms. The summed E-state index contributed by atoms with van der Waals surface area (Å²) in [5, 5.41) is 0. The third kappa shape index (κ3) is 4.92. The van der Waals surface area contributed by atoms with Gasteiger partial charge in [0.1, 0.15) is 5.75 Å². The predicted molar refractivity (Wildman–Crippen MR) is 90.2 cm³/mol. The van der Waals surface area contributed by atoms with Crippen LogP contribution in [0.5, 0.6) is 5.75 Å². The number of hydrogen-bond acceptors (Lipinski definition) is 3. The number of aryl methyl sites for hydroxylation is 1. The Hall–Kier alpha value is -1.22. The minimum atomic E-state index is 0.320. The summed E-state index contributed by atoms with van der Waals surface area (Å²) >= 11 is 0. The van der Waals surface area contributed by atoms with Gasteiger partial charge in [0.25, 0.3) is 0 Å². The average molecular weight is 290 g/mol. The maximum absolute atomic E-state index is 5.97. The molecular formula is C18H30N2O. The van der Waals surface area contributed by atoms with E-state index >= 15 is 0 Å². The van der Waals surface area contributed by atoms with Crippen molar-refractivity contribution in [3.63, 3.8) is 0 Å². The van der Waals surface area contributed by atoms with Crippen molar-refractivity contribution < 1.29 is 4.74 Å². The number of ether oxygens (including phenoxy) is 1. The molecule has 1 aromatic rings. The van der Waals surface area contributed by atoms with Crippen molar-refractivity contribution in [1.82, 2.24) is 0 Å². The van der Waals surface area contributed by atoms with E-state index in [2.05, 4.69) is 50.8 Å². The topological polar surface area (TPSA) is 38.5 Å². The minimum absolute atomic E-state index is 0.320. The molecule has 21 heavy (non-hydrogen) atoms. The molecule has 2 rings (SSSR count). The highest BCUT2D eigenvalue weighted by molar-refractivity contribution is 5.53. The molecule has 2 N–H and O–H groups in total. The van der Waals surface area contributed by atoms with Gasteiger partial charge in [0.15, 0.2) is 0 Å². The van der Waals surface area contributed by atoms with Crippen LogP contribution in [0.1, 0.15) is 45.6 Å². The van der Waals surface area contributed by atoms with Gasteiger partial charge >= 0.3 is 0 Å². The molecule has 3 nitrogen and oxygen atoms in total. The molecule has 0 saturated carbocycles. The Labute approximate surface area is 129 Å². The van der Waals surface area contributed by atoms with Crippen LogP contribution >= 0.6 is 0 Å². The van der Waals surface area contributed by atoms with Gasteiger partial charge in [-0.2, -0.15) is 0 Å². The zero-order valence-electron chi connectivity index (χ0n) is 14.0. The van der Waals surface area contributed by atoms with E-state index < -0.39 is 0 Å². The van der Waals surface area contributed by atoms with E-state index in [0.29, 0.717) is 11.5 Å². The summed E-state index contributed by atoms with van der Waals surface area (Å²) in [7, 11) is 0. The molecule has 118 valence electrons. The van der Waals surface area contributed by atoms with E-state index in [0.717, 1.165) is 44.7 Å². The van der Waals surface area contributed by atoms with Crippen LogP contribution in [0.2, 0.25) is 0 Å². The standard InChI is InChI=1S/C18H30N2O/c1-14-13-16(20-10-7-15(19)8-11-20)5-6-17(14)21-12-9-18(2,3)4/h5-6,13,15H,7-12,19H2,1-4H3. The average Bonchev–Trinajstić information content (AvgIpc) is 2.40. The molecular weight excluding hydrogens is 260 g/mol. The lowest BCUT2D eigenvalue weighted by Gasteiger charge is -2.32. The maximum Gasteiger partial charge on any atom is 0.122 e. The number of anilines is 1. The van der Waals surface area contributed by atoms with E-state index in [1.165, 1.54) is 11.3 Å². The largest absolute Gasteiger partial charge is 0.493 e. The first-order valence-corrected chi connectivity index (χ1v) is 8.09. The van der Waals surface area contributed by atoms with Crippen molar-refractivity contribution in [2.75, 3.05) is 24.6 Å². The van der Waals surface area contributed by atoms with Crippen LogP contribution < -0.4 is 15.4 Å². The molecule has 0 spiro atoms. The molecule has 1 fully saturated rings. The summed E-state index contributed by atoms with van der Waals surface area (Å²) in [6.45, 7) is 11.8. The number of rotatable bonds is 4. The molecule has 1 aliphatic rings. The molecule has 0 radical (unpaired) electrons. The van der Waals surface area contributed by atoms with Crippen molar-refractivity contribution in [2.45, 2.75) is 53.0 Å². The van der Waals surface area contributed by atoms with Gasteiger partial charge in [-0.05, 0) is 55.4 Å². The van der Waals surface area contributed by atoms with Crippen molar-refractivity contribution in [3.8, 4) is 5.75 Å². The van der Waals surface area contributed by atoms with Crippen LogP contribution in [0.15, 0.2) is 18.2 Å². The first-order valence-electron chi connectivity index (χ1n) is 8.09. The van der Waals surface area contributed by atoms with Gasteiger partial charge in [0.2, 0.25) is 0 Å². The first-order chi connectivity index (χ1) is 9.85.